The summed E-state index contributed by atoms with van der Waals surface area (Å²) in [6.45, 7) is 9.87. The van der Waals surface area contributed by atoms with Crippen LogP contribution in [0.3, 0.4) is 0 Å². The van der Waals surface area contributed by atoms with Gasteiger partial charge in [-0.3, -0.25) is 14.9 Å². The quantitative estimate of drug-likeness (QED) is 0.0983. The fraction of sp³-hybridized carbons (Fsp3) is 0.500. The number of carbonyl (C=O) groups is 2. The number of aromatic nitrogens is 1. The van der Waals surface area contributed by atoms with E-state index in [4.69, 9.17) is 14.8 Å². The van der Waals surface area contributed by atoms with Crippen LogP contribution in [0.15, 0.2) is 53.9 Å². The van der Waals surface area contributed by atoms with Gasteiger partial charge in [-0.05, 0) is 75.1 Å². The molecular formula is C34H49Cl2N3O4S. The first-order chi connectivity index (χ1) is 20.3. The molecule has 0 aliphatic heterocycles. The Morgan fingerprint density at radius 2 is 1.61 bits per heavy atom. The maximum Gasteiger partial charge on any atom is 0.319 e. The van der Waals surface area contributed by atoms with Gasteiger partial charge in [0.15, 0.2) is 0 Å². The molecule has 0 saturated heterocycles. The SMILES string of the molecule is CCCC(CCC)c1ccc(N(Cc2ccc(-c3csc(CCCCOC(=O)CNCC(=O)O)n3)cc2)C(C)C)cc1.Cl.Cl. The number of unbranched alkanes of at least 4 members (excludes halogenated alkanes) is 1. The van der Waals surface area contributed by atoms with E-state index in [0.29, 0.717) is 18.6 Å². The summed E-state index contributed by atoms with van der Waals surface area (Å²) >= 11 is 1.65. The highest BCUT2D eigenvalue weighted by atomic mass is 35.5. The molecule has 0 atom stereocenters. The van der Waals surface area contributed by atoms with Crippen molar-refractivity contribution in [2.45, 2.75) is 91.1 Å². The first-order valence-electron chi connectivity index (χ1n) is 15.3. The molecule has 7 nitrogen and oxygen atoms in total. The number of benzene rings is 2. The fourth-order valence-corrected chi connectivity index (χ4v) is 5.96. The van der Waals surface area contributed by atoms with Gasteiger partial charge in [0.05, 0.1) is 30.4 Å². The molecule has 0 amide bonds. The summed E-state index contributed by atoms with van der Waals surface area (Å²) in [4.78, 5) is 29.3. The summed E-state index contributed by atoms with van der Waals surface area (Å²) in [7, 11) is 0. The Kier molecular flexibility index (Phi) is 18.9. The summed E-state index contributed by atoms with van der Waals surface area (Å²) in [5.74, 6) is -0.779. The minimum atomic E-state index is -1.00. The highest BCUT2D eigenvalue weighted by Crippen LogP contribution is 2.30. The van der Waals surface area contributed by atoms with Gasteiger partial charge in [0, 0.05) is 29.2 Å². The lowest BCUT2D eigenvalue weighted by molar-refractivity contribution is -0.142. The number of nitrogens with one attached hydrogen (secondary N) is 1. The molecule has 3 aromatic rings. The van der Waals surface area contributed by atoms with E-state index in [-0.39, 0.29) is 37.9 Å². The second kappa shape index (κ2) is 21.2. The Labute approximate surface area is 279 Å². The molecule has 2 aromatic carbocycles. The van der Waals surface area contributed by atoms with Crippen molar-refractivity contribution in [2.24, 2.45) is 0 Å². The van der Waals surface area contributed by atoms with Crippen LogP contribution in [0.1, 0.15) is 88.3 Å². The number of aliphatic carboxylic acids is 1. The van der Waals surface area contributed by atoms with Gasteiger partial charge in [0.25, 0.3) is 0 Å². The molecule has 1 heterocycles. The second-order valence-corrected chi connectivity index (χ2v) is 12.0. The molecule has 0 unspecified atom stereocenters. The largest absolute Gasteiger partial charge is 0.480 e. The van der Waals surface area contributed by atoms with Crippen LogP contribution >= 0.6 is 36.2 Å². The lowest BCUT2D eigenvalue weighted by atomic mass is 9.90. The van der Waals surface area contributed by atoms with E-state index >= 15 is 0 Å². The molecule has 244 valence electrons. The molecule has 0 aliphatic rings. The van der Waals surface area contributed by atoms with Gasteiger partial charge in [-0.1, -0.05) is 63.1 Å². The molecule has 3 rings (SSSR count). The number of carboxylic acid groups (broad SMARTS) is 1. The fourth-order valence-electron chi connectivity index (χ4n) is 5.11. The summed E-state index contributed by atoms with van der Waals surface area (Å²) in [5, 5.41) is 14.3. The van der Waals surface area contributed by atoms with Gasteiger partial charge >= 0.3 is 11.9 Å². The maximum absolute atomic E-state index is 11.6. The summed E-state index contributed by atoms with van der Waals surface area (Å²) in [5.41, 5.74) is 6.10. The van der Waals surface area contributed by atoms with Gasteiger partial charge in [-0.2, -0.15) is 0 Å². The van der Waals surface area contributed by atoms with E-state index in [2.05, 4.69) is 91.8 Å². The molecule has 0 spiro atoms. The number of carbonyl (C=O) groups excluding carboxylic acids is 1. The smallest absolute Gasteiger partial charge is 0.319 e. The third-order valence-electron chi connectivity index (χ3n) is 7.34. The van der Waals surface area contributed by atoms with Crippen molar-refractivity contribution in [3.8, 4) is 11.3 Å². The number of aryl methyl sites for hydroxylation is 1. The third-order valence-corrected chi connectivity index (χ3v) is 8.25. The van der Waals surface area contributed by atoms with Crippen LogP contribution in [-0.2, 0) is 27.3 Å². The van der Waals surface area contributed by atoms with Crippen molar-refractivity contribution in [1.29, 1.82) is 0 Å². The monoisotopic (exact) mass is 665 g/mol. The Morgan fingerprint density at radius 1 is 0.955 bits per heavy atom. The number of hydrogen-bond acceptors (Lipinski definition) is 7. The number of hydrogen-bond donors (Lipinski definition) is 2. The van der Waals surface area contributed by atoms with Gasteiger partial charge in [0.2, 0.25) is 0 Å². The minimum absolute atomic E-state index is 0. The van der Waals surface area contributed by atoms with Gasteiger partial charge in [-0.25, -0.2) is 4.98 Å². The number of esters is 1. The van der Waals surface area contributed by atoms with E-state index in [1.165, 1.54) is 42.5 Å². The van der Waals surface area contributed by atoms with Gasteiger partial charge < -0.3 is 14.7 Å². The van der Waals surface area contributed by atoms with Crippen LogP contribution in [0.2, 0.25) is 0 Å². The first kappa shape index (κ1) is 39.4. The van der Waals surface area contributed by atoms with Crippen LogP contribution in [0.25, 0.3) is 11.3 Å². The predicted molar refractivity (Wildman–Crippen MR) is 187 cm³/mol. The first-order valence-corrected chi connectivity index (χ1v) is 16.2. The lowest BCUT2D eigenvalue weighted by Gasteiger charge is -2.30. The molecule has 2 N–H and O–H groups in total. The van der Waals surface area contributed by atoms with Crippen LogP contribution in [0.5, 0.6) is 0 Å². The average Bonchev–Trinajstić information content (AvgIpc) is 3.45. The van der Waals surface area contributed by atoms with Crippen LogP contribution < -0.4 is 10.2 Å². The topological polar surface area (TPSA) is 91.8 Å². The Balaban J connectivity index is 0.00000484. The molecule has 0 fully saturated rings. The molecule has 0 saturated carbocycles. The third kappa shape index (κ3) is 13.1. The molecule has 0 bridgehead atoms. The Bertz CT molecular complexity index is 1230. The number of nitrogens with zero attached hydrogens (tertiary/aromatic N) is 2. The van der Waals surface area contributed by atoms with Crippen LogP contribution in [0, 0.1) is 0 Å². The maximum atomic E-state index is 11.6. The van der Waals surface area contributed by atoms with Crippen molar-refractivity contribution in [3.05, 3.63) is 70.0 Å². The number of halogens is 2. The number of ether oxygens (including phenoxy) is 1. The molecule has 10 heteroatoms. The molecule has 44 heavy (non-hydrogen) atoms. The highest BCUT2D eigenvalue weighted by molar-refractivity contribution is 7.09. The summed E-state index contributed by atoms with van der Waals surface area (Å²) in [6.07, 6.45) is 7.38. The van der Waals surface area contributed by atoms with Crippen molar-refractivity contribution in [1.82, 2.24) is 10.3 Å². The van der Waals surface area contributed by atoms with E-state index in [0.717, 1.165) is 42.1 Å². The summed E-state index contributed by atoms with van der Waals surface area (Å²) in [6, 6.07) is 18.4. The van der Waals surface area contributed by atoms with Crippen molar-refractivity contribution in [3.63, 3.8) is 0 Å². The molecule has 1 aromatic heterocycles. The lowest BCUT2D eigenvalue weighted by Crippen LogP contribution is -2.30. The van der Waals surface area contributed by atoms with E-state index in [9.17, 15) is 9.59 Å². The van der Waals surface area contributed by atoms with Crippen LogP contribution in [0.4, 0.5) is 5.69 Å². The Hall–Kier alpha value is -2.65. The van der Waals surface area contributed by atoms with Crippen molar-refractivity contribution >= 4 is 53.8 Å². The highest BCUT2D eigenvalue weighted by Gasteiger charge is 2.15. The Morgan fingerprint density at radius 3 is 2.20 bits per heavy atom. The zero-order valence-electron chi connectivity index (χ0n) is 26.4. The van der Waals surface area contributed by atoms with Gasteiger partial charge in [-0.15, -0.1) is 36.2 Å². The van der Waals surface area contributed by atoms with E-state index in [1.54, 1.807) is 11.3 Å². The number of anilines is 1. The standard InChI is InChI=1S/C34H47N3O4S.2ClH/c1-5-9-27(10-6-2)28-16-18-30(19-17-28)37(25(3)4)23-26-12-14-29(15-13-26)31-24-42-32(36-31)11-7-8-20-41-34(40)22-35-21-33(38)39;;/h12-19,24-25,27,35H,5-11,20-23H2,1-4H3,(H,38,39);2*1H. The van der Waals surface area contributed by atoms with Crippen molar-refractivity contribution < 1.29 is 19.4 Å². The van der Waals surface area contributed by atoms with Crippen molar-refractivity contribution in [2.75, 3.05) is 24.6 Å². The molecule has 0 radical (unpaired) electrons. The second-order valence-electron chi connectivity index (χ2n) is 11.1. The molecule has 0 aliphatic carbocycles. The zero-order valence-corrected chi connectivity index (χ0v) is 28.9. The minimum Gasteiger partial charge on any atom is -0.480 e. The predicted octanol–water partition coefficient (Wildman–Crippen LogP) is 8.29. The number of thiazole rings is 1. The number of rotatable bonds is 19. The van der Waals surface area contributed by atoms with Gasteiger partial charge in [0.1, 0.15) is 0 Å². The van der Waals surface area contributed by atoms with E-state index in [1.807, 2.05) is 0 Å². The summed E-state index contributed by atoms with van der Waals surface area (Å²) < 4.78 is 5.14. The normalized spacial score (nSPS) is 10.8. The average molecular weight is 667 g/mol. The zero-order chi connectivity index (χ0) is 30.3. The molecular weight excluding hydrogens is 617 g/mol. The number of carboxylic acids is 1. The van der Waals surface area contributed by atoms with E-state index < -0.39 is 11.9 Å². The van der Waals surface area contributed by atoms with Crippen LogP contribution in [-0.4, -0.2) is 47.8 Å².